The minimum Gasteiger partial charge on any atom is -0.383 e. The largest absolute Gasteiger partial charge is 0.383 e. The van der Waals surface area contributed by atoms with Crippen LogP contribution in [-0.2, 0) is 14.3 Å². The van der Waals surface area contributed by atoms with Gasteiger partial charge < -0.3 is 15.4 Å². The van der Waals surface area contributed by atoms with E-state index in [1.807, 2.05) is 0 Å². The van der Waals surface area contributed by atoms with Crippen LogP contribution in [0.2, 0.25) is 0 Å². The van der Waals surface area contributed by atoms with E-state index in [0.29, 0.717) is 12.3 Å². The van der Waals surface area contributed by atoms with E-state index in [9.17, 15) is 9.59 Å². The Hall–Kier alpha value is -1.99. The minimum absolute atomic E-state index is 0.00208. The van der Waals surface area contributed by atoms with Gasteiger partial charge in [0.05, 0.1) is 18.5 Å². The third-order valence-corrected chi connectivity index (χ3v) is 3.58. The van der Waals surface area contributed by atoms with Crippen LogP contribution in [0.4, 0.5) is 5.69 Å². The van der Waals surface area contributed by atoms with Crippen molar-refractivity contribution in [3.05, 3.63) is 24.5 Å². The highest BCUT2D eigenvalue weighted by molar-refractivity contribution is 6.39. The molecular weight excluding hydrogens is 284 g/mol. The number of piperidine rings is 1. The predicted octanol–water partition coefficient (Wildman–Crippen LogP) is 0.247. The first kappa shape index (κ1) is 16.4. The minimum atomic E-state index is -0.665. The molecule has 2 rings (SSSR count). The number of methoxy groups -OCH3 is 1. The summed E-state index contributed by atoms with van der Waals surface area (Å²) in [6, 6.07) is 3.38. The van der Waals surface area contributed by atoms with Gasteiger partial charge in [-0.15, -0.1) is 0 Å². The molecule has 1 fully saturated rings. The van der Waals surface area contributed by atoms with Crippen molar-refractivity contribution in [3.63, 3.8) is 0 Å². The summed E-state index contributed by atoms with van der Waals surface area (Å²) in [5.41, 5.74) is 0.507. The van der Waals surface area contributed by atoms with Crippen LogP contribution in [0.5, 0.6) is 0 Å². The van der Waals surface area contributed by atoms with Gasteiger partial charge in [-0.3, -0.25) is 19.5 Å². The maximum absolute atomic E-state index is 11.9. The fourth-order valence-electron chi connectivity index (χ4n) is 2.47. The van der Waals surface area contributed by atoms with Gasteiger partial charge in [0.15, 0.2) is 0 Å². The van der Waals surface area contributed by atoms with Gasteiger partial charge in [0.2, 0.25) is 0 Å². The molecule has 1 aromatic heterocycles. The SMILES string of the molecule is COCCN1CCCC(NC(=O)C(=O)Nc2cccnc2)C1. The molecule has 120 valence electrons. The number of ether oxygens (including phenoxy) is 1. The summed E-state index contributed by atoms with van der Waals surface area (Å²) in [7, 11) is 1.67. The number of nitrogens with one attached hydrogen (secondary N) is 2. The van der Waals surface area contributed by atoms with Crippen LogP contribution >= 0.6 is 0 Å². The van der Waals surface area contributed by atoms with Gasteiger partial charge in [-0.2, -0.15) is 0 Å². The topological polar surface area (TPSA) is 83.6 Å². The monoisotopic (exact) mass is 306 g/mol. The van der Waals surface area contributed by atoms with Gasteiger partial charge in [-0.1, -0.05) is 0 Å². The molecule has 1 aliphatic heterocycles. The molecule has 1 saturated heterocycles. The number of hydrogen-bond acceptors (Lipinski definition) is 5. The van der Waals surface area contributed by atoms with Crippen molar-refractivity contribution >= 4 is 17.5 Å². The normalized spacial score (nSPS) is 18.7. The summed E-state index contributed by atoms with van der Waals surface area (Å²) in [5.74, 6) is -1.27. The van der Waals surface area contributed by atoms with Crippen LogP contribution in [0.3, 0.4) is 0 Å². The number of carbonyl (C=O) groups excluding carboxylic acids is 2. The van der Waals surface area contributed by atoms with Crippen molar-refractivity contribution in [2.45, 2.75) is 18.9 Å². The lowest BCUT2D eigenvalue weighted by Gasteiger charge is -2.32. The molecule has 0 aliphatic carbocycles. The zero-order valence-electron chi connectivity index (χ0n) is 12.7. The van der Waals surface area contributed by atoms with Crippen molar-refractivity contribution in [2.75, 3.05) is 38.7 Å². The second-order valence-electron chi connectivity index (χ2n) is 5.30. The van der Waals surface area contributed by atoms with Gasteiger partial charge in [-0.25, -0.2) is 0 Å². The third kappa shape index (κ3) is 5.09. The highest BCUT2D eigenvalue weighted by Gasteiger charge is 2.23. The first-order valence-electron chi connectivity index (χ1n) is 7.42. The molecule has 1 aromatic rings. The molecule has 2 heterocycles. The Morgan fingerprint density at radius 2 is 2.32 bits per heavy atom. The molecule has 0 spiro atoms. The number of hydrogen-bond donors (Lipinski definition) is 2. The molecule has 7 nitrogen and oxygen atoms in total. The Morgan fingerprint density at radius 3 is 3.05 bits per heavy atom. The summed E-state index contributed by atoms with van der Waals surface area (Å²) in [4.78, 5) is 29.9. The zero-order chi connectivity index (χ0) is 15.8. The number of anilines is 1. The summed E-state index contributed by atoms with van der Waals surface area (Å²) in [6.07, 6.45) is 4.99. The number of rotatable bonds is 5. The van der Waals surface area contributed by atoms with E-state index >= 15 is 0 Å². The molecule has 1 unspecified atom stereocenters. The van der Waals surface area contributed by atoms with Gasteiger partial charge in [0.25, 0.3) is 0 Å². The van der Waals surface area contributed by atoms with Crippen molar-refractivity contribution in [1.82, 2.24) is 15.2 Å². The third-order valence-electron chi connectivity index (χ3n) is 3.58. The Bertz CT molecular complexity index is 495. The zero-order valence-corrected chi connectivity index (χ0v) is 12.7. The van der Waals surface area contributed by atoms with Crippen LogP contribution in [-0.4, -0.2) is 61.1 Å². The van der Waals surface area contributed by atoms with Gasteiger partial charge in [-0.05, 0) is 31.5 Å². The lowest BCUT2D eigenvalue weighted by molar-refractivity contribution is -0.136. The summed E-state index contributed by atoms with van der Waals surface area (Å²) in [5, 5.41) is 5.32. The number of nitrogens with zero attached hydrogens (tertiary/aromatic N) is 2. The lowest BCUT2D eigenvalue weighted by atomic mass is 10.1. The Labute approximate surface area is 130 Å². The van der Waals surface area contributed by atoms with Gasteiger partial charge >= 0.3 is 11.8 Å². The average Bonchev–Trinajstić information content (AvgIpc) is 2.54. The van der Waals surface area contributed by atoms with Crippen LogP contribution < -0.4 is 10.6 Å². The second-order valence-corrected chi connectivity index (χ2v) is 5.30. The highest BCUT2D eigenvalue weighted by atomic mass is 16.5. The average molecular weight is 306 g/mol. The summed E-state index contributed by atoms with van der Waals surface area (Å²) >= 11 is 0. The quantitative estimate of drug-likeness (QED) is 0.762. The number of aromatic nitrogens is 1. The summed E-state index contributed by atoms with van der Waals surface area (Å²) < 4.78 is 5.07. The molecule has 0 aromatic carbocycles. The van der Waals surface area contributed by atoms with Crippen LogP contribution in [0.25, 0.3) is 0 Å². The van der Waals surface area contributed by atoms with E-state index in [2.05, 4.69) is 20.5 Å². The molecule has 0 saturated carbocycles. The van der Waals surface area contributed by atoms with E-state index in [1.165, 1.54) is 6.20 Å². The van der Waals surface area contributed by atoms with Crippen molar-refractivity contribution in [3.8, 4) is 0 Å². The maximum Gasteiger partial charge on any atom is 0.313 e. The van der Waals surface area contributed by atoms with E-state index in [4.69, 9.17) is 4.74 Å². The standard InChI is InChI=1S/C15H22N4O3/c1-22-9-8-19-7-3-5-13(11-19)18-15(21)14(20)17-12-4-2-6-16-10-12/h2,4,6,10,13H,3,5,7-9,11H2,1H3,(H,17,20)(H,18,21). The Morgan fingerprint density at radius 1 is 1.45 bits per heavy atom. The van der Waals surface area contributed by atoms with E-state index in [1.54, 1.807) is 25.4 Å². The number of amides is 2. The fourth-order valence-corrected chi connectivity index (χ4v) is 2.47. The smallest absolute Gasteiger partial charge is 0.313 e. The van der Waals surface area contributed by atoms with Gasteiger partial charge in [0, 0.05) is 32.4 Å². The highest BCUT2D eigenvalue weighted by Crippen LogP contribution is 2.10. The summed E-state index contributed by atoms with van der Waals surface area (Å²) in [6.45, 7) is 3.25. The van der Waals surface area contributed by atoms with Crippen LogP contribution in [0.1, 0.15) is 12.8 Å². The maximum atomic E-state index is 11.9. The number of pyridine rings is 1. The molecule has 22 heavy (non-hydrogen) atoms. The second kappa shape index (κ2) is 8.45. The molecule has 0 radical (unpaired) electrons. The van der Waals surface area contributed by atoms with E-state index < -0.39 is 11.8 Å². The van der Waals surface area contributed by atoms with Crippen LogP contribution in [0.15, 0.2) is 24.5 Å². The molecular formula is C15H22N4O3. The molecule has 7 heteroatoms. The Balaban J connectivity index is 1.79. The predicted molar refractivity (Wildman–Crippen MR) is 82.3 cm³/mol. The molecule has 2 amide bonds. The number of likely N-dealkylation sites (tertiary alicyclic amines) is 1. The number of carbonyl (C=O) groups is 2. The van der Waals surface area contributed by atoms with E-state index in [-0.39, 0.29) is 6.04 Å². The Kier molecular flexibility index (Phi) is 6.29. The molecule has 1 atom stereocenters. The van der Waals surface area contributed by atoms with Gasteiger partial charge in [0.1, 0.15) is 0 Å². The van der Waals surface area contributed by atoms with Crippen molar-refractivity contribution in [2.24, 2.45) is 0 Å². The fraction of sp³-hybridized carbons (Fsp3) is 0.533. The first-order valence-corrected chi connectivity index (χ1v) is 7.42. The molecule has 1 aliphatic rings. The van der Waals surface area contributed by atoms with Crippen molar-refractivity contribution in [1.29, 1.82) is 0 Å². The molecule has 2 N–H and O–H groups in total. The first-order chi connectivity index (χ1) is 10.7. The lowest BCUT2D eigenvalue weighted by Crippen LogP contribution is -2.50. The van der Waals surface area contributed by atoms with Crippen LogP contribution in [0, 0.1) is 0 Å². The molecule has 0 bridgehead atoms. The van der Waals surface area contributed by atoms with Crippen molar-refractivity contribution < 1.29 is 14.3 Å². The van der Waals surface area contributed by atoms with E-state index in [0.717, 1.165) is 32.5 Å².